The number of hydrogen-bond acceptors (Lipinski definition) is 6. The molecule has 0 unspecified atom stereocenters. The van der Waals surface area contributed by atoms with E-state index in [2.05, 4.69) is 0 Å². The molecule has 15 heavy (non-hydrogen) atoms. The van der Waals surface area contributed by atoms with Crippen molar-refractivity contribution in [2.24, 2.45) is 0 Å². The van der Waals surface area contributed by atoms with E-state index in [9.17, 15) is 10.2 Å². The molecule has 0 aromatic heterocycles. The summed E-state index contributed by atoms with van der Waals surface area (Å²) < 4.78 is 10.7. The molecule has 1 aliphatic rings. The van der Waals surface area contributed by atoms with Gasteiger partial charge in [-0.2, -0.15) is 0 Å². The van der Waals surface area contributed by atoms with Crippen molar-refractivity contribution in [2.75, 3.05) is 13.2 Å². The van der Waals surface area contributed by atoms with Gasteiger partial charge in [0.25, 0.3) is 0 Å². The number of aliphatic hydroxyl groups is 4. The van der Waals surface area contributed by atoms with Crippen LogP contribution in [-0.4, -0.2) is 63.8 Å². The molecular weight excluding hydrogens is 204 g/mol. The van der Waals surface area contributed by atoms with E-state index in [4.69, 9.17) is 19.7 Å². The average Bonchev–Trinajstić information content (AvgIpc) is 2.52. The van der Waals surface area contributed by atoms with Gasteiger partial charge in [-0.05, 0) is 13.8 Å². The van der Waals surface area contributed by atoms with E-state index < -0.39 is 43.4 Å². The van der Waals surface area contributed by atoms with Gasteiger partial charge in [0.2, 0.25) is 0 Å². The Morgan fingerprint density at radius 2 is 1.33 bits per heavy atom. The van der Waals surface area contributed by atoms with Crippen LogP contribution in [0, 0.1) is 0 Å². The van der Waals surface area contributed by atoms with Crippen LogP contribution < -0.4 is 0 Å². The first kappa shape index (κ1) is 12.8. The molecule has 4 atom stereocenters. The second kappa shape index (κ2) is 4.73. The number of rotatable bonds is 4. The Labute approximate surface area is 88.1 Å². The third kappa shape index (κ3) is 2.87. The van der Waals surface area contributed by atoms with Crippen molar-refractivity contribution in [3.8, 4) is 0 Å². The topological polar surface area (TPSA) is 99.4 Å². The van der Waals surface area contributed by atoms with Crippen LogP contribution in [0.2, 0.25) is 0 Å². The molecule has 0 amide bonds. The van der Waals surface area contributed by atoms with Crippen LogP contribution in [0.5, 0.6) is 0 Å². The maximum Gasteiger partial charge on any atom is 0.164 e. The number of ether oxygens (including phenoxy) is 2. The van der Waals surface area contributed by atoms with Gasteiger partial charge in [0, 0.05) is 0 Å². The summed E-state index contributed by atoms with van der Waals surface area (Å²) in [6.07, 6.45) is -3.96. The zero-order valence-electron chi connectivity index (χ0n) is 8.83. The van der Waals surface area contributed by atoms with E-state index in [0.717, 1.165) is 0 Å². The molecule has 0 aliphatic carbocycles. The molecule has 0 spiro atoms. The summed E-state index contributed by atoms with van der Waals surface area (Å²) in [5.74, 6) is -0.943. The standard InChI is InChI=1S/C9H18O6/c1-9(2)14-7(5(12)3-10)8(15-9)6(13)4-11/h5-8,10-13H,3-4H2,1-2H3/t5-,6-,7-,8-/m1/s1. The lowest BCUT2D eigenvalue weighted by Crippen LogP contribution is -2.45. The highest BCUT2D eigenvalue weighted by Gasteiger charge is 2.47. The summed E-state index contributed by atoms with van der Waals surface area (Å²) in [6.45, 7) is 2.29. The number of hydrogen-bond donors (Lipinski definition) is 4. The molecule has 0 bridgehead atoms. The molecule has 1 aliphatic heterocycles. The van der Waals surface area contributed by atoms with Gasteiger partial charge in [0.15, 0.2) is 5.79 Å². The first-order valence-electron chi connectivity index (χ1n) is 4.85. The molecule has 1 saturated heterocycles. The minimum atomic E-state index is -1.14. The highest BCUT2D eigenvalue weighted by Crippen LogP contribution is 2.31. The first-order valence-corrected chi connectivity index (χ1v) is 4.85. The summed E-state index contributed by atoms with van der Waals surface area (Å²) in [7, 11) is 0. The molecule has 4 N–H and O–H groups in total. The molecule has 6 heteroatoms. The second-order valence-corrected chi connectivity index (χ2v) is 4.06. The smallest absolute Gasteiger partial charge is 0.164 e. The van der Waals surface area contributed by atoms with E-state index in [1.54, 1.807) is 13.8 Å². The van der Waals surface area contributed by atoms with Gasteiger partial charge >= 0.3 is 0 Å². The third-order valence-corrected chi connectivity index (χ3v) is 2.30. The summed E-state index contributed by atoms with van der Waals surface area (Å²) in [4.78, 5) is 0. The van der Waals surface area contributed by atoms with Gasteiger partial charge in [-0.1, -0.05) is 0 Å². The fourth-order valence-corrected chi connectivity index (χ4v) is 1.62. The molecule has 1 heterocycles. The summed E-state index contributed by atoms with van der Waals surface area (Å²) >= 11 is 0. The maximum atomic E-state index is 9.46. The average molecular weight is 222 g/mol. The lowest BCUT2D eigenvalue weighted by molar-refractivity contribution is -0.163. The minimum Gasteiger partial charge on any atom is -0.394 e. The minimum absolute atomic E-state index is 0.487. The zero-order chi connectivity index (χ0) is 11.6. The molecule has 0 saturated carbocycles. The molecule has 0 aromatic carbocycles. The van der Waals surface area contributed by atoms with Crippen molar-refractivity contribution in [1.82, 2.24) is 0 Å². The fraction of sp³-hybridized carbons (Fsp3) is 1.00. The van der Waals surface area contributed by atoms with Crippen LogP contribution in [0.15, 0.2) is 0 Å². The highest BCUT2D eigenvalue weighted by atomic mass is 16.8. The van der Waals surface area contributed by atoms with Gasteiger partial charge < -0.3 is 29.9 Å². The van der Waals surface area contributed by atoms with Crippen molar-refractivity contribution in [3.63, 3.8) is 0 Å². The highest BCUT2D eigenvalue weighted by molar-refractivity contribution is 4.90. The molecule has 0 aromatic rings. The predicted octanol–water partition coefficient (Wildman–Crippen LogP) is -1.79. The van der Waals surface area contributed by atoms with Crippen LogP contribution in [0.3, 0.4) is 0 Å². The van der Waals surface area contributed by atoms with Crippen LogP contribution >= 0.6 is 0 Å². The van der Waals surface area contributed by atoms with Gasteiger partial charge in [-0.25, -0.2) is 0 Å². The normalized spacial score (nSPS) is 34.0. The Morgan fingerprint density at radius 3 is 1.60 bits per heavy atom. The molecule has 1 fully saturated rings. The van der Waals surface area contributed by atoms with Gasteiger partial charge in [-0.15, -0.1) is 0 Å². The lowest BCUT2D eigenvalue weighted by Gasteiger charge is -2.23. The Kier molecular flexibility index (Phi) is 4.05. The quantitative estimate of drug-likeness (QED) is 0.448. The summed E-state index contributed by atoms with van der Waals surface area (Å²) in [5.41, 5.74) is 0. The molecule has 0 radical (unpaired) electrons. The van der Waals surface area contributed by atoms with E-state index in [0.29, 0.717) is 0 Å². The van der Waals surface area contributed by atoms with Crippen molar-refractivity contribution >= 4 is 0 Å². The van der Waals surface area contributed by atoms with E-state index in [1.807, 2.05) is 0 Å². The van der Waals surface area contributed by atoms with Crippen LogP contribution in [0.4, 0.5) is 0 Å². The van der Waals surface area contributed by atoms with E-state index in [-0.39, 0.29) is 0 Å². The first-order chi connectivity index (χ1) is 6.91. The Balaban J connectivity index is 2.74. The summed E-state index contributed by atoms with van der Waals surface area (Å²) in [5, 5.41) is 36.5. The van der Waals surface area contributed by atoms with Crippen LogP contribution in [0.1, 0.15) is 13.8 Å². The SMILES string of the molecule is CC1(C)O[C@H]([C@H](O)CO)[C@@H]([C@H](O)CO)O1. The second-order valence-electron chi connectivity index (χ2n) is 4.06. The maximum absolute atomic E-state index is 9.46. The van der Waals surface area contributed by atoms with Crippen molar-refractivity contribution < 1.29 is 29.9 Å². The Morgan fingerprint density at radius 1 is 1.00 bits per heavy atom. The van der Waals surface area contributed by atoms with Gasteiger partial charge in [0.1, 0.15) is 24.4 Å². The largest absolute Gasteiger partial charge is 0.394 e. The molecule has 1 rings (SSSR count). The van der Waals surface area contributed by atoms with Gasteiger partial charge in [-0.3, -0.25) is 0 Å². The number of aliphatic hydroxyl groups excluding tert-OH is 4. The van der Waals surface area contributed by atoms with Crippen LogP contribution in [-0.2, 0) is 9.47 Å². The van der Waals surface area contributed by atoms with E-state index >= 15 is 0 Å². The van der Waals surface area contributed by atoms with Crippen molar-refractivity contribution in [1.29, 1.82) is 0 Å². The Hall–Kier alpha value is -0.240. The van der Waals surface area contributed by atoms with E-state index in [1.165, 1.54) is 0 Å². The molecule has 6 nitrogen and oxygen atoms in total. The molecular formula is C9H18O6. The van der Waals surface area contributed by atoms with Crippen molar-refractivity contribution in [3.05, 3.63) is 0 Å². The Bertz CT molecular complexity index is 187. The third-order valence-electron chi connectivity index (χ3n) is 2.30. The summed E-state index contributed by atoms with van der Waals surface area (Å²) in [6, 6.07) is 0. The van der Waals surface area contributed by atoms with Crippen molar-refractivity contribution in [2.45, 2.75) is 44.1 Å². The van der Waals surface area contributed by atoms with Crippen LogP contribution in [0.25, 0.3) is 0 Å². The predicted molar refractivity (Wildman–Crippen MR) is 50.0 cm³/mol. The molecule has 90 valence electrons. The monoisotopic (exact) mass is 222 g/mol. The zero-order valence-corrected chi connectivity index (χ0v) is 8.83. The van der Waals surface area contributed by atoms with Gasteiger partial charge in [0.05, 0.1) is 13.2 Å². The lowest BCUT2D eigenvalue weighted by atomic mass is 10.0. The fourth-order valence-electron chi connectivity index (χ4n) is 1.62.